The Morgan fingerprint density at radius 2 is 2.06 bits per heavy atom. The van der Waals surface area contributed by atoms with Crippen LogP contribution in [0, 0.1) is 0 Å². The van der Waals surface area contributed by atoms with Crippen LogP contribution >= 0.6 is 0 Å². The third kappa shape index (κ3) is 3.35. The van der Waals surface area contributed by atoms with Gasteiger partial charge in [0.15, 0.2) is 0 Å². The Labute approximate surface area is 103 Å². The summed E-state index contributed by atoms with van der Waals surface area (Å²) >= 11 is 0. The fourth-order valence-corrected chi connectivity index (χ4v) is 1.76. The van der Waals surface area contributed by atoms with Gasteiger partial charge in [-0.25, -0.2) is 0 Å². The van der Waals surface area contributed by atoms with Crippen molar-refractivity contribution >= 4 is 5.69 Å². The van der Waals surface area contributed by atoms with Crippen LogP contribution in [0.15, 0.2) is 18.2 Å². The monoisotopic (exact) mass is 238 g/mol. The quantitative estimate of drug-likeness (QED) is 0.818. The summed E-state index contributed by atoms with van der Waals surface area (Å²) in [5, 5.41) is 0. The van der Waals surface area contributed by atoms with Gasteiger partial charge in [0.25, 0.3) is 0 Å². The van der Waals surface area contributed by atoms with Crippen molar-refractivity contribution in [3.8, 4) is 5.75 Å². The molecule has 1 aromatic rings. The molecular formula is C13H22N2O2. The number of likely N-dealkylation sites (N-methyl/N-ethyl adjacent to an activating group) is 1. The van der Waals surface area contributed by atoms with Crippen LogP contribution in [-0.2, 0) is 11.3 Å². The van der Waals surface area contributed by atoms with Crippen molar-refractivity contribution in [3.63, 3.8) is 0 Å². The normalized spacial score (nSPS) is 12.3. The smallest absolute Gasteiger partial charge is 0.120 e. The lowest BCUT2D eigenvalue weighted by molar-refractivity contribution is 0.183. The molecule has 1 atom stereocenters. The molecule has 96 valence electrons. The molecule has 0 heterocycles. The molecule has 0 saturated carbocycles. The van der Waals surface area contributed by atoms with Crippen LogP contribution in [0.5, 0.6) is 5.75 Å². The third-order valence-electron chi connectivity index (χ3n) is 2.96. The second kappa shape index (κ2) is 6.47. The van der Waals surface area contributed by atoms with E-state index in [1.165, 1.54) is 0 Å². The Morgan fingerprint density at radius 1 is 1.35 bits per heavy atom. The lowest BCUT2D eigenvalue weighted by atomic mass is 10.1. The van der Waals surface area contributed by atoms with Gasteiger partial charge in [0.05, 0.1) is 13.7 Å². The van der Waals surface area contributed by atoms with Gasteiger partial charge >= 0.3 is 0 Å². The lowest BCUT2D eigenvalue weighted by Crippen LogP contribution is -2.33. The molecule has 17 heavy (non-hydrogen) atoms. The zero-order valence-electron chi connectivity index (χ0n) is 11.1. The van der Waals surface area contributed by atoms with Gasteiger partial charge < -0.3 is 20.1 Å². The maximum atomic E-state index is 5.76. The molecule has 1 rings (SSSR count). The molecule has 1 aromatic carbocycles. The van der Waals surface area contributed by atoms with E-state index in [4.69, 9.17) is 15.2 Å². The summed E-state index contributed by atoms with van der Waals surface area (Å²) in [5.41, 5.74) is 7.96. The number of nitrogens with two attached hydrogens (primary N) is 1. The van der Waals surface area contributed by atoms with E-state index in [-0.39, 0.29) is 6.04 Å². The van der Waals surface area contributed by atoms with Gasteiger partial charge in [-0.1, -0.05) is 6.07 Å². The molecule has 4 nitrogen and oxygen atoms in total. The minimum Gasteiger partial charge on any atom is -0.497 e. The molecule has 2 N–H and O–H groups in total. The fraction of sp³-hybridized carbons (Fsp3) is 0.538. The summed E-state index contributed by atoms with van der Waals surface area (Å²) in [5.74, 6) is 0.841. The van der Waals surface area contributed by atoms with Crippen LogP contribution < -0.4 is 15.4 Å². The molecule has 0 aliphatic heterocycles. The molecule has 0 bridgehead atoms. The summed E-state index contributed by atoms with van der Waals surface area (Å²) in [6, 6.07) is 6.23. The van der Waals surface area contributed by atoms with Crippen molar-refractivity contribution in [2.75, 3.05) is 32.8 Å². The molecule has 0 aliphatic carbocycles. The first-order chi connectivity index (χ1) is 8.13. The number of ether oxygens (including phenoxy) is 2. The third-order valence-corrected chi connectivity index (χ3v) is 2.96. The first-order valence-corrected chi connectivity index (χ1v) is 5.72. The highest BCUT2D eigenvalue weighted by Crippen LogP contribution is 2.26. The second-order valence-electron chi connectivity index (χ2n) is 4.11. The number of rotatable bonds is 6. The molecule has 0 radical (unpaired) electrons. The van der Waals surface area contributed by atoms with E-state index in [1.54, 1.807) is 14.2 Å². The van der Waals surface area contributed by atoms with E-state index in [1.807, 2.05) is 25.2 Å². The summed E-state index contributed by atoms with van der Waals surface area (Å²) in [6.07, 6.45) is 0. The van der Waals surface area contributed by atoms with Gasteiger partial charge in [-0.3, -0.25) is 0 Å². The zero-order valence-corrected chi connectivity index (χ0v) is 11.1. The zero-order chi connectivity index (χ0) is 12.8. The van der Waals surface area contributed by atoms with Crippen LogP contribution in [0.25, 0.3) is 0 Å². The fourth-order valence-electron chi connectivity index (χ4n) is 1.76. The number of benzene rings is 1. The van der Waals surface area contributed by atoms with Crippen molar-refractivity contribution in [2.24, 2.45) is 5.73 Å². The molecule has 0 aliphatic rings. The van der Waals surface area contributed by atoms with Crippen molar-refractivity contribution in [1.82, 2.24) is 0 Å². The maximum absolute atomic E-state index is 5.76. The Bertz CT molecular complexity index is 355. The predicted molar refractivity (Wildman–Crippen MR) is 70.6 cm³/mol. The lowest BCUT2D eigenvalue weighted by Gasteiger charge is -2.28. The van der Waals surface area contributed by atoms with Gasteiger partial charge in [-0.05, 0) is 18.6 Å². The maximum Gasteiger partial charge on any atom is 0.120 e. The van der Waals surface area contributed by atoms with Gasteiger partial charge in [-0.15, -0.1) is 0 Å². The summed E-state index contributed by atoms with van der Waals surface area (Å²) < 4.78 is 10.4. The Hall–Kier alpha value is -1.26. The number of hydrogen-bond acceptors (Lipinski definition) is 4. The van der Waals surface area contributed by atoms with E-state index < -0.39 is 0 Å². The largest absolute Gasteiger partial charge is 0.497 e. The van der Waals surface area contributed by atoms with Gasteiger partial charge in [0, 0.05) is 38.5 Å². The van der Waals surface area contributed by atoms with E-state index in [0.717, 1.165) is 17.0 Å². The standard InChI is InChI=1S/C13H22N2O2/c1-10(9-16-3)15(2)13-7-12(17-4)6-5-11(13)8-14/h5-7,10H,8-9,14H2,1-4H3. The summed E-state index contributed by atoms with van der Waals surface area (Å²) in [7, 11) is 5.41. The number of methoxy groups -OCH3 is 2. The van der Waals surface area contributed by atoms with Crippen molar-refractivity contribution in [3.05, 3.63) is 23.8 Å². The van der Waals surface area contributed by atoms with Gasteiger partial charge in [0.2, 0.25) is 0 Å². The van der Waals surface area contributed by atoms with E-state index in [9.17, 15) is 0 Å². The van der Waals surface area contributed by atoms with Crippen LogP contribution in [0.3, 0.4) is 0 Å². The van der Waals surface area contributed by atoms with Crippen LogP contribution in [0.2, 0.25) is 0 Å². The highest BCUT2D eigenvalue weighted by Gasteiger charge is 2.13. The first kappa shape index (κ1) is 13.8. The van der Waals surface area contributed by atoms with Crippen LogP contribution in [-0.4, -0.2) is 33.9 Å². The highest BCUT2D eigenvalue weighted by molar-refractivity contribution is 5.57. The molecule has 0 spiro atoms. The summed E-state index contributed by atoms with van der Waals surface area (Å²) in [4.78, 5) is 2.16. The minimum atomic E-state index is 0.289. The van der Waals surface area contributed by atoms with Gasteiger partial charge in [-0.2, -0.15) is 0 Å². The van der Waals surface area contributed by atoms with Crippen molar-refractivity contribution < 1.29 is 9.47 Å². The second-order valence-corrected chi connectivity index (χ2v) is 4.11. The topological polar surface area (TPSA) is 47.7 Å². The molecular weight excluding hydrogens is 216 g/mol. The predicted octanol–water partition coefficient (Wildman–Crippen LogP) is 1.63. The first-order valence-electron chi connectivity index (χ1n) is 5.72. The van der Waals surface area contributed by atoms with Crippen molar-refractivity contribution in [2.45, 2.75) is 19.5 Å². The molecule has 0 fully saturated rings. The number of anilines is 1. The number of nitrogens with zero attached hydrogens (tertiary/aromatic N) is 1. The molecule has 4 heteroatoms. The van der Waals surface area contributed by atoms with E-state index >= 15 is 0 Å². The summed E-state index contributed by atoms with van der Waals surface area (Å²) in [6.45, 7) is 3.31. The molecule has 0 saturated heterocycles. The number of hydrogen-bond donors (Lipinski definition) is 1. The average molecular weight is 238 g/mol. The Balaban J connectivity index is 3.00. The molecule has 0 amide bonds. The minimum absolute atomic E-state index is 0.289. The molecule has 1 unspecified atom stereocenters. The van der Waals surface area contributed by atoms with E-state index in [2.05, 4.69) is 11.8 Å². The van der Waals surface area contributed by atoms with Gasteiger partial charge in [0.1, 0.15) is 5.75 Å². The average Bonchev–Trinajstić information content (AvgIpc) is 2.37. The van der Waals surface area contributed by atoms with Crippen LogP contribution in [0.4, 0.5) is 5.69 Å². The van der Waals surface area contributed by atoms with Crippen molar-refractivity contribution in [1.29, 1.82) is 0 Å². The van der Waals surface area contributed by atoms with Crippen LogP contribution in [0.1, 0.15) is 12.5 Å². The Kier molecular flexibility index (Phi) is 5.25. The van der Waals surface area contributed by atoms with E-state index in [0.29, 0.717) is 13.2 Å². The SMILES string of the molecule is COCC(C)N(C)c1cc(OC)ccc1CN. The molecule has 0 aromatic heterocycles. The Morgan fingerprint density at radius 3 is 2.59 bits per heavy atom. The highest BCUT2D eigenvalue weighted by atomic mass is 16.5.